The summed E-state index contributed by atoms with van der Waals surface area (Å²) in [5.74, 6) is 5.27. The number of carbonyl (C=O) groups excluding carboxylic acids is 1. The molecule has 6 heteroatoms. The second-order valence-electron chi connectivity index (χ2n) is 4.34. The Bertz CT molecular complexity index is 764. The Morgan fingerprint density at radius 3 is 2.90 bits per heavy atom. The fourth-order valence-corrected chi connectivity index (χ4v) is 1.74. The minimum Gasteiger partial charge on any atom is -0.325 e. The van der Waals surface area contributed by atoms with Crippen LogP contribution in [0.1, 0.15) is 21.6 Å². The zero-order chi connectivity index (χ0) is 15.2. The van der Waals surface area contributed by atoms with Crippen LogP contribution in [0.15, 0.2) is 35.4 Å². The van der Waals surface area contributed by atoms with Crippen LogP contribution in [0, 0.1) is 18.8 Å². The largest absolute Gasteiger partial charge is 0.325 e. The first-order chi connectivity index (χ1) is 10.1. The van der Waals surface area contributed by atoms with E-state index in [1.807, 2.05) is 19.1 Å². The molecule has 1 aromatic heterocycles. The Morgan fingerprint density at radius 2 is 2.24 bits per heavy atom. The van der Waals surface area contributed by atoms with E-state index >= 15 is 0 Å². The van der Waals surface area contributed by atoms with Crippen LogP contribution >= 0.6 is 0 Å². The van der Waals surface area contributed by atoms with E-state index in [9.17, 15) is 9.59 Å². The molecule has 21 heavy (non-hydrogen) atoms. The number of hydrogen-bond donors (Lipinski definition) is 3. The van der Waals surface area contributed by atoms with Gasteiger partial charge in [0.15, 0.2) is 0 Å². The van der Waals surface area contributed by atoms with E-state index < -0.39 is 5.91 Å². The molecule has 1 amide bonds. The van der Waals surface area contributed by atoms with Gasteiger partial charge in [-0.2, -0.15) is 0 Å². The highest BCUT2D eigenvalue weighted by Crippen LogP contribution is 2.14. The molecule has 0 aliphatic rings. The summed E-state index contributed by atoms with van der Waals surface area (Å²) in [5, 5.41) is 2.71. The lowest BCUT2D eigenvalue weighted by Gasteiger charge is -2.06. The first-order valence-electron chi connectivity index (χ1n) is 6.25. The quantitative estimate of drug-likeness (QED) is 0.704. The van der Waals surface area contributed by atoms with Crippen LogP contribution in [0.5, 0.6) is 0 Å². The molecule has 0 spiro atoms. The molecule has 0 saturated heterocycles. The van der Waals surface area contributed by atoms with Gasteiger partial charge in [-0.1, -0.05) is 11.8 Å². The molecular formula is C15H14N4O2. The number of hydrogen-bond acceptors (Lipinski definition) is 4. The lowest BCUT2D eigenvalue weighted by molar-refractivity contribution is 0.102. The summed E-state index contributed by atoms with van der Waals surface area (Å²) in [7, 11) is 0. The van der Waals surface area contributed by atoms with E-state index in [4.69, 9.17) is 5.73 Å². The fourth-order valence-electron chi connectivity index (χ4n) is 1.74. The average Bonchev–Trinajstić information content (AvgIpc) is 2.45. The predicted octanol–water partition coefficient (Wildman–Crippen LogP) is 0.641. The summed E-state index contributed by atoms with van der Waals surface area (Å²) in [5.41, 5.74) is 7.45. The Hall–Kier alpha value is -2.91. The standard InChI is InChI=1S/C15H14N4O2/c1-10-5-11(3-2-4-16)7-12(6-10)19-15(21)13-8-18-14(20)9-17-13/h5-9H,4,16H2,1H3,(H,18,20)(H,19,21). The molecular weight excluding hydrogens is 268 g/mol. The molecule has 0 fully saturated rings. The van der Waals surface area contributed by atoms with Gasteiger partial charge in [0.1, 0.15) is 5.69 Å². The molecule has 0 aliphatic heterocycles. The van der Waals surface area contributed by atoms with Crippen molar-refractivity contribution in [2.24, 2.45) is 5.73 Å². The number of nitrogens with two attached hydrogens (primary N) is 1. The Kier molecular flexibility index (Phi) is 4.49. The van der Waals surface area contributed by atoms with Crippen LogP contribution in [0.2, 0.25) is 0 Å². The van der Waals surface area contributed by atoms with Crippen molar-refractivity contribution in [3.05, 3.63) is 57.8 Å². The Morgan fingerprint density at radius 1 is 1.43 bits per heavy atom. The van der Waals surface area contributed by atoms with E-state index in [0.717, 1.165) is 17.3 Å². The Balaban J connectivity index is 2.22. The minimum absolute atomic E-state index is 0.130. The van der Waals surface area contributed by atoms with Crippen molar-refractivity contribution in [3.63, 3.8) is 0 Å². The van der Waals surface area contributed by atoms with Gasteiger partial charge in [-0.05, 0) is 30.7 Å². The van der Waals surface area contributed by atoms with Crippen LogP contribution in [0.25, 0.3) is 0 Å². The molecule has 106 valence electrons. The van der Waals surface area contributed by atoms with E-state index in [2.05, 4.69) is 27.1 Å². The number of amides is 1. The summed E-state index contributed by atoms with van der Waals surface area (Å²) in [4.78, 5) is 29.1. The molecule has 6 nitrogen and oxygen atoms in total. The van der Waals surface area contributed by atoms with E-state index in [0.29, 0.717) is 5.69 Å². The lowest BCUT2D eigenvalue weighted by Crippen LogP contribution is -2.17. The third-order valence-electron chi connectivity index (χ3n) is 2.57. The van der Waals surface area contributed by atoms with Crippen molar-refractivity contribution in [2.75, 3.05) is 11.9 Å². The maximum absolute atomic E-state index is 12.0. The van der Waals surface area contributed by atoms with E-state index in [1.165, 1.54) is 6.20 Å². The maximum Gasteiger partial charge on any atom is 0.275 e. The van der Waals surface area contributed by atoms with Gasteiger partial charge in [-0.15, -0.1) is 0 Å². The first kappa shape index (κ1) is 14.5. The van der Waals surface area contributed by atoms with E-state index in [1.54, 1.807) is 6.07 Å². The van der Waals surface area contributed by atoms with Crippen molar-refractivity contribution in [1.29, 1.82) is 0 Å². The summed E-state index contributed by atoms with van der Waals surface area (Å²) in [6, 6.07) is 5.47. The molecule has 0 bridgehead atoms. The molecule has 1 heterocycles. The normalized spacial score (nSPS) is 9.62. The molecule has 0 radical (unpaired) electrons. The van der Waals surface area contributed by atoms with Gasteiger partial charge in [0, 0.05) is 17.4 Å². The predicted molar refractivity (Wildman–Crippen MR) is 79.9 cm³/mol. The SMILES string of the molecule is Cc1cc(C#CCN)cc(NC(=O)c2c[nH]c(=O)cn2)c1. The number of nitrogens with zero attached hydrogens (tertiary/aromatic N) is 1. The highest BCUT2D eigenvalue weighted by Gasteiger charge is 2.08. The zero-order valence-corrected chi connectivity index (χ0v) is 11.4. The summed E-state index contributed by atoms with van der Waals surface area (Å²) in [6.07, 6.45) is 2.33. The summed E-state index contributed by atoms with van der Waals surface area (Å²) in [6.45, 7) is 2.18. The molecule has 4 N–H and O–H groups in total. The third-order valence-corrected chi connectivity index (χ3v) is 2.57. The third kappa shape index (κ3) is 4.03. The highest BCUT2D eigenvalue weighted by atomic mass is 16.2. The lowest BCUT2D eigenvalue weighted by atomic mass is 10.1. The maximum atomic E-state index is 12.0. The van der Waals surface area contributed by atoms with Crippen LogP contribution in [0.4, 0.5) is 5.69 Å². The topological polar surface area (TPSA) is 101 Å². The number of benzene rings is 1. The number of aromatic nitrogens is 2. The molecule has 0 unspecified atom stereocenters. The highest BCUT2D eigenvalue weighted by molar-refractivity contribution is 6.02. The van der Waals surface area contributed by atoms with Crippen LogP contribution in [0.3, 0.4) is 0 Å². The number of rotatable bonds is 2. The van der Waals surface area contributed by atoms with Gasteiger partial charge in [-0.3, -0.25) is 9.59 Å². The van der Waals surface area contributed by atoms with Crippen molar-refractivity contribution in [3.8, 4) is 11.8 Å². The summed E-state index contributed by atoms with van der Waals surface area (Å²) < 4.78 is 0. The second kappa shape index (κ2) is 6.50. The van der Waals surface area contributed by atoms with Gasteiger partial charge >= 0.3 is 0 Å². The number of H-pyrrole nitrogens is 1. The summed E-state index contributed by atoms with van der Waals surface area (Å²) >= 11 is 0. The average molecular weight is 282 g/mol. The monoisotopic (exact) mass is 282 g/mol. The molecule has 2 rings (SSSR count). The van der Waals surface area contributed by atoms with Gasteiger partial charge in [-0.25, -0.2) is 4.98 Å². The van der Waals surface area contributed by atoms with Crippen LogP contribution in [-0.4, -0.2) is 22.4 Å². The molecule has 0 saturated carbocycles. The van der Waals surface area contributed by atoms with Crippen molar-refractivity contribution >= 4 is 11.6 Å². The van der Waals surface area contributed by atoms with E-state index in [-0.39, 0.29) is 17.8 Å². The first-order valence-corrected chi connectivity index (χ1v) is 6.25. The molecule has 0 atom stereocenters. The van der Waals surface area contributed by atoms with Crippen molar-refractivity contribution in [1.82, 2.24) is 9.97 Å². The second-order valence-corrected chi connectivity index (χ2v) is 4.34. The zero-order valence-electron chi connectivity index (χ0n) is 11.4. The van der Waals surface area contributed by atoms with Gasteiger partial charge in [0.2, 0.25) is 0 Å². The number of anilines is 1. The van der Waals surface area contributed by atoms with Gasteiger partial charge in [0.25, 0.3) is 11.5 Å². The smallest absolute Gasteiger partial charge is 0.275 e. The van der Waals surface area contributed by atoms with Crippen LogP contribution in [-0.2, 0) is 0 Å². The molecule has 1 aromatic carbocycles. The number of carbonyl (C=O) groups is 1. The van der Waals surface area contributed by atoms with Gasteiger partial charge < -0.3 is 16.0 Å². The number of nitrogens with one attached hydrogen (secondary N) is 2. The number of aryl methyl sites for hydroxylation is 1. The number of aromatic amines is 1. The Labute approximate surface area is 121 Å². The van der Waals surface area contributed by atoms with Crippen molar-refractivity contribution < 1.29 is 4.79 Å². The van der Waals surface area contributed by atoms with Crippen LogP contribution < -0.4 is 16.6 Å². The van der Waals surface area contributed by atoms with Crippen molar-refractivity contribution in [2.45, 2.75) is 6.92 Å². The van der Waals surface area contributed by atoms with Gasteiger partial charge in [0.05, 0.1) is 12.7 Å². The minimum atomic E-state index is -0.408. The molecule has 0 aliphatic carbocycles. The molecule has 2 aromatic rings. The fraction of sp³-hybridized carbons (Fsp3) is 0.133.